The Labute approximate surface area is 87.0 Å². The number of carboxylic acid groups (broad SMARTS) is 1. The first-order valence-corrected chi connectivity index (χ1v) is 4.21. The first-order chi connectivity index (χ1) is 7.16. The van der Waals surface area contributed by atoms with E-state index < -0.39 is 11.9 Å². The van der Waals surface area contributed by atoms with Crippen LogP contribution in [0.5, 0.6) is 0 Å². The maximum atomic E-state index is 10.8. The van der Waals surface area contributed by atoms with Gasteiger partial charge in [0.05, 0.1) is 6.26 Å². The van der Waals surface area contributed by atoms with Crippen LogP contribution in [0.3, 0.4) is 0 Å². The van der Waals surface area contributed by atoms with E-state index in [0.717, 1.165) is 12.3 Å². The smallest absolute Gasteiger partial charge is 0.335 e. The highest BCUT2D eigenvalue weighted by molar-refractivity contribution is 5.82. The third-order valence-corrected chi connectivity index (χ3v) is 1.16. The molecule has 0 aliphatic carbocycles. The Morgan fingerprint density at radius 2 is 1.93 bits per heavy atom. The summed E-state index contributed by atoms with van der Waals surface area (Å²) in [6.07, 6.45) is 7.54. The summed E-state index contributed by atoms with van der Waals surface area (Å²) in [5.74, 6) is -1.66. The van der Waals surface area contributed by atoms with Gasteiger partial charge in [-0.1, -0.05) is 12.2 Å². The van der Waals surface area contributed by atoms with E-state index >= 15 is 0 Å². The van der Waals surface area contributed by atoms with E-state index in [2.05, 4.69) is 4.74 Å². The molecular formula is C10H12O5. The number of rotatable bonds is 6. The lowest BCUT2D eigenvalue weighted by atomic mass is 10.4. The molecule has 0 radical (unpaired) electrons. The zero-order chi connectivity index (χ0) is 11.5. The zero-order valence-corrected chi connectivity index (χ0v) is 8.00. The van der Waals surface area contributed by atoms with Crippen LogP contribution in [-0.4, -0.2) is 28.8 Å². The van der Waals surface area contributed by atoms with E-state index in [1.807, 2.05) is 0 Å². The predicted molar refractivity (Wildman–Crippen MR) is 52.9 cm³/mol. The normalized spacial score (nSPS) is 11.5. The number of aliphatic carboxylic acids is 1. The molecule has 5 nitrogen and oxygen atoms in total. The van der Waals surface area contributed by atoms with Crippen LogP contribution in [0.2, 0.25) is 0 Å². The Hall–Kier alpha value is -1.88. The molecule has 0 spiro atoms. The molecular weight excluding hydrogens is 200 g/mol. The number of hydrogen-bond acceptors (Lipinski definition) is 4. The number of carboxylic acids is 1. The van der Waals surface area contributed by atoms with Gasteiger partial charge in [0.1, 0.15) is 0 Å². The molecule has 82 valence electrons. The van der Waals surface area contributed by atoms with Gasteiger partial charge in [-0.25, -0.2) is 9.59 Å². The molecule has 0 aliphatic rings. The molecule has 0 fully saturated rings. The van der Waals surface area contributed by atoms with Gasteiger partial charge in [-0.2, -0.15) is 0 Å². The van der Waals surface area contributed by atoms with Crippen molar-refractivity contribution in [2.24, 2.45) is 0 Å². The second-order valence-corrected chi connectivity index (χ2v) is 2.38. The van der Waals surface area contributed by atoms with Gasteiger partial charge in [0.2, 0.25) is 0 Å². The Bertz CT molecular complexity index is 288. The molecule has 0 rings (SSSR count). The summed E-state index contributed by atoms with van der Waals surface area (Å²) in [7, 11) is 0. The fourth-order valence-electron chi connectivity index (χ4n) is 0.583. The summed E-state index contributed by atoms with van der Waals surface area (Å²) in [5.41, 5.74) is 0. The first-order valence-electron chi connectivity index (χ1n) is 4.21. The molecule has 0 bridgehead atoms. The minimum atomic E-state index is -1.08. The number of aliphatic hydroxyl groups is 1. The van der Waals surface area contributed by atoms with Gasteiger partial charge in [-0.3, -0.25) is 0 Å². The molecule has 5 heteroatoms. The highest BCUT2D eigenvalue weighted by Gasteiger charge is 1.90. The van der Waals surface area contributed by atoms with Gasteiger partial charge in [-0.05, 0) is 12.5 Å². The van der Waals surface area contributed by atoms with Gasteiger partial charge in [-0.15, -0.1) is 0 Å². The Kier molecular flexibility index (Phi) is 7.62. The summed E-state index contributed by atoms with van der Waals surface area (Å²) in [6.45, 7) is -0.0268. The van der Waals surface area contributed by atoms with E-state index in [4.69, 9.17) is 10.2 Å². The second kappa shape index (κ2) is 8.71. The minimum absolute atomic E-state index is 0.0268. The number of hydrogen-bond donors (Lipinski definition) is 2. The van der Waals surface area contributed by atoms with Crippen molar-refractivity contribution in [3.63, 3.8) is 0 Å². The molecule has 15 heavy (non-hydrogen) atoms. The third-order valence-electron chi connectivity index (χ3n) is 1.16. The van der Waals surface area contributed by atoms with Gasteiger partial charge in [0, 0.05) is 18.8 Å². The molecule has 2 N–H and O–H groups in total. The number of ether oxygens (including phenoxy) is 1. The van der Waals surface area contributed by atoms with Gasteiger partial charge >= 0.3 is 11.9 Å². The minimum Gasteiger partial charge on any atom is -0.478 e. The number of esters is 1. The van der Waals surface area contributed by atoms with Crippen LogP contribution in [0.15, 0.2) is 36.6 Å². The highest BCUT2D eigenvalue weighted by Crippen LogP contribution is 1.87. The molecule has 0 heterocycles. The van der Waals surface area contributed by atoms with Crippen LogP contribution in [0.4, 0.5) is 0 Å². The van der Waals surface area contributed by atoms with Gasteiger partial charge in [0.25, 0.3) is 0 Å². The van der Waals surface area contributed by atoms with Crippen molar-refractivity contribution in [1.82, 2.24) is 0 Å². The Balaban J connectivity index is 3.75. The SMILES string of the molecule is O=C(O)/C=C/C=C/OC(=O)/C=C/CCO. The van der Waals surface area contributed by atoms with Crippen LogP contribution < -0.4 is 0 Å². The predicted octanol–water partition coefficient (Wildman–Crippen LogP) is 0.623. The average Bonchev–Trinajstić information content (AvgIpc) is 2.17. The molecule has 0 aromatic carbocycles. The lowest BCUT2D eigenvalue weighted by molar-refractivity contribution is -0.132. The number of aliphatic hydroxyl groups excluding tert-OH is 1. The van der Waals surface area contributed by atoms with Crippen molar-refractivity contribution in [2.75, 3.05) is 6.61 Å². The van der Waals surface area contributed by atoms with E-state index in [0.29, 0.717) is 6.42 Å². The van der Waals surface area contributed by atoms with Crippen molar-refractivity contribution in [1.29, 1.82) is 0 Å². The first kappa shape index (κ1) is 13.1. The number of carbonyl (C=O) groups is 2. The summed E-state index contributed by atoms with van der Waals surface area (Å²) < 4.78 is 4.54. The van der Waals surface area contributed by atoms with E-state index in [-0.39, 0.29) is 6.61 Å². The molecule has 0 saturated heterocycles. The Morgan fingerprint density at radius 3 is 2.53 bits per heavy atom. The van der Waals surface area contributed by atoms with Crippen molar-refractivity contribution in [3.8, 4) is 0 Å². The van der Waals surface area contributed by atoms with Crippen LogP contribution in [0, 0.1) is 0 Å². The summed E-state index contributed by atoms with van der Waals surface area (Å²) in [4.78, 5) is 20.8. The lowest BCUT2D eigenvalue weighted by Crippen LogP contribution is -1.93. The molecule has 0 unspecified atom stereocenters. The lowest BCUT2D eigenvalue weighted by Gasteiger charge is -1.90. The number of allylic oxidation sites excluding steroid dienone is 2. The van der Waals surface area contributed by atoms with Crippen molar-refractivity contribution in [2.45, 2.75) is 6.42 Å². The van der Waals surface area contributed by atoms with E-state index in [1.165, 1.54) is 24.3 Å². The zero-order valence-electron chi connectivity index (χ0n) is 8.00. The summed E-state index contributed by atoms with van der Waals surface area (Å²) >= 11 is 0. The van der Waals surface area contributed by atoms with Crippen molar-refractivity contribution in [3.05, 3.63) is 36.6 Å². The van der Waals surface area contributed by atoms with Gasteiger partial charge < -0.3 is 14.9 Å². The van der Waals surface area contributed by atoms with Crippen molar-refractivity contribution >= 4 is 11.9 Å². The van der Waals surface area contributed by atoms with Gasteiger partial charge in [0.15, 0.2) is 0 Å². The van der Waals surface area contributed by atoms with E-state index in [9.17, 15) is 9.59 Å². The summed E-state index contributed by atoms with van der Waals surface area (Å²) in [5, 5.41) is 16.6. The monoisotopic (exact) mass is 212 g/mol. The van der Waals surface area contributed by atoms with E-state index in [1.54, 1.807) is 0 Å². The molecule has 0 aromatic rings. The average molecular weight is 212 g/mol. The van der Waals surface area contributed by atoms with Crippen molar-refractivity contribution < 1.29 is 24.5 Å². The number of carbonyl (C=O) groups excluding carboxylic acids is 1. The topological polar surface area (TPSA) is 83.8 Å². The molecule has 0 amide bonds. The highest BCUT2D eigenvalue weighted by atomic mass is 16.5. The molecule has 0 atom stereocenters. The van der Waals surface area contributed by atoms with Crippen LogP contribution in [0.25, 0.3) is 0 Å². The maximum absolute atomic E-state index is 10.8. The second-order valence-electron chi connectivity index (χ2n) is 2.38. The fraction of sp³-hybridized carbons (Fsp3) is 0.200. The molecule has 0 aliphatic heterocycles. The largest absolute Gasteiger partial charge is 0.478 e. The summed E-state index contributed by atoms with van der Waals surface area (Å²) in [6, 6.07) is 0. The molecule has 0 saturated carbocycles. The third kappa shape index (κ3) is 10.0. The fourth-order valence-corrected chi connectivity index (χ4v) is 0.583. The maximum Gasteiger partial charge on any atom is 0.335 e. The Morgan fingerprint density at radius 1 is 1.20 bits per heavy atom. The van der Waals surface area contributed by atoms with Crippen LogP contribution in [0.1, 0.15) is 6.42 Å². The molecule has 0 aromatic heterocycles. The van der Waals surface area contributed by atoms with Crippen LogP contribution >= 0.6 is 0 Å². The quantitative estimate of drug-likeness (QED) is 0.292. The van der Waals surface area contributed by atoms with Crippen LogP contribution in [-0.2, 0) is 14.3 Å². The standard InChI is InChI=1S/C10H12O5/c11-7-3-1-6-10(14)15-8-4-2-5-9(12)13/h1-2,4-6,8,11H,3,7H2,(H,12,13)/b5-2+,6-1+,8-4+.